The number of carbonyl (C=O) groups excluding carboxylic acids is 1. The Bertz CT molecular complexity index is 666. The lowest BCUT2D eigenvalue weighted by molar-refractivity contribution is 0.0601. The molecule has 0 aliphatic rings. The number of esters is 1. The van der Waals surface area contributed by atoms with Crippen LogP contribution in [0.4, 0.5) is 5.82 Å². The van der Waals surface area contributed by atoms with Crippen molar-refractivity contribution >= 4 is 46.6 Å². The van der Waals surface area contributed by atoms with Gasteiger partial charge in [0.15, 0.2) is 0 Å². The summed E-state index contributed by atoms with van der Waals surface area (Å²) in [7, 11) is 1.27. The number of carbonyl (C=O) groups is 1. The van der Waals surface area contributed by atoms with E-state index in [4.69, 9.17) is 45.3 Å². The molecule has 2 aromatic rings. The fourth-order valence-corrected chi connectivity index (χ4v) is 2.81. The molecule has 0 atom stereocenters. The van der Waals surface area contributed by atoms with Crippen LogP contribution in [0.3, 0.4) is 0 Å². The highest BCUT2D eigenvalue weighted by Crippen LogP contribution is 2.41. The summed E-state index contributed by atoms with van der Waals surface area (Å²) in [6, 6.07) is 4.51. The van der Waals surface area contributed by atoms with Gasteiger partial charge in [0.25, 0.3) is 0 Å². The second-order valence-electron chi connectivity index (χ2n) is 3.85. The second kappa shape index (κ2) is 5.87. The molecule has 0 aliphatic carbocycles. The number of anilines is 1. The fourth-order valence-electron chi connectivity index (χ4n) is 1.80. The smallest absolute Gasteiger partial charge is 0.338 e. The van der Waals surface area contributed by atoms with Gasteiger partial charge in [-0.25, -0.2) is 9.78 Å². The van der Waals surface area contributed by atoms with Crippen LogP contribution in [0.2, 0.25) is 15.1 Å². The van der Waals surface area contributed by atoms with E-state index in [0.717, 1.165) is 0 Å². The number of methoxy groups -OCH3 is 1. The molecule has 7 heteroatoms. The molecule has 0 unspecified atom stereocenters. The molecule has 0 radical (unpaired) electrons. The first-order chi connectivity index (χ1) is 9.45. The predicted molar refractivity (Wildman–Crippen MR) is 80.5 cm³/mol. The maximum atomic E-state index is 11.8. The van der Waals surface area contributed by atoms with Crippen LogP contribution in [0.1, 0.15) is 10.4 Å². The van der Waals surface area contributed by atoms with Gasteiger partial charge in [-0.05, 0) is 18.2 Å². The topological polar surface area (TPSA) is 65.2 Å². The number of hydrogen-bond donors (Lipinski definition) is 1. The SMILES string of the molecule is COC(=O)c1ccnc(N)c1-c1c(Cl)cc(Cl)cc1Cl. The van der Waals surface area contributed by atoms with Crippen LogP contribution in [0.25, 0.3) is 11.1 Å². The predicted octanol–water partition coefficient (Wildman–Crippen LogP) is 4.08. The number of nitrogens with two attached hydrogens (primary N) is 1. The normalized spacial score (nSPS) is 10.4. The maximum absolute atomic E-state index is 11.8. The molecule has 0 saturated heterocycles. The summed E-state index contributed by atoms with van der Waals surface area (Å²) in [6.07, 6.45) is 1.41. The first kappa shape index (κ1) is 14.9. The molecule has 1 aromatic carbocycles. The molecular weight excluding hydrogens is 323 g/mol. The number of hydrogen-bond acceptors (Lipinski definition) is 4. The number of benzene rings is 1. The van der Waals surface area contributed by atoms with E-state index in [2.05, 4.69) is 4.98 Å². The summed E-state index contributed by atoms with van der Waals surface area (Å²) in [6.45, 7) is 0. The van der Waals surface area contributed by atoms with Crippen molar-refractivity contribution in [3.8, 4) is 11.1 Å². The Hall–Kier alpha value is -1.49. The van der Waals surface area contributed by atoms with E-state index in [9.17, 15) is 4.79 Å². The molecular formula is C13H9Cl3N2O2. The van der Waals surface area contributed by atoms with Gasteiger partial charge in [0.2, 0.25) is 0 Å². The summed E-state index contributed by atoms with van der Waals surface area (Å²) in [5.74, 6) is -0.435. The summed E-state index contributed by atoms with van der Waals surface area (Å²) >= 11 is 18.2. The first-order valence-electron chi connectivity index (χ1n) is 5.43. The van der Waals surface area contributed by atoms with Crippen molar-refractivity contribution in [1.29, 1.82) is 0 Å². The number of ether oxygens (including phenoxy) is 1. The Morgan fingerprint density at radius 3 is 2.35 bits per heavy atom. The van der Waals surface area contributed by atoms with Crippen molar-refractivity contribution in [2.24, 2.45) is 0 Å². The molecule has 0 amide bonds. The van der Waals surface area contributed by atoms with Crippen molar-refractivity contribution < 1.29 is 9.53 Å². The van der Waals surface area contributed by atoms with Crippen LogP contribution in [0.5, 0.6) is 0 Å². The Labute approximate surface area is 130 Å². The van der Waals surface area contributed by atoms with Gasteiger partial charge in [-0.3, -0.25) is 0 Å². The van der Waals surface area contributed by atoms with E-state index >= 15 is 0 Å². The molecule has 4 nitrogen and oxygen atoms in total. The summed E-state index contributed by atoms with van der Waals surface area (Å²) in [5, 5.41) is 0.922. The molecule has 2 N–H and O–H groups in total. The Balaban J connectivity index is 2.79. The molecule has 104 valence electrons. The average Bonchev–Trinajstić information content (AvgIpc) is 2.38. The number of pyridine rings is 1. The van der Waals surface area contributed by atoms with Gasteiger partial charge in [0, 0.05) is 22.3 Å². The van der Waals surface area contributed by atoms with E-state index in [0.29, 0.717) is 16.1 Å². The summed E-state index contributed by atoms with van der Waals surface area (Å²) in [4.78, 5) is 15.8. The van der Waals surface area contributed by atoms with E-state index < -0.39 is 5.97 Å². The van der Waals surface area contributed by atoms with Crippen molar-refractivity contribution in [1.82, 2.24) is 4.98 Å². The van der Waals surface area contributed by atoms with Crippen LogP contribution in [-0.4, -0.2) is 18.1 Å². The Morgan fingerprint density at radius 2 is 1.80 bits per heavy atom. The third-order valence-electron chi connectivity index (χ3n) is 2.64. The number of aromatic nitrogens is 1. The van der Waals surface area contributed by atoms with E-state index in [-0.39, 0.29) is 21.4 Å². The van der Waals surface area contributed by atoms with E-state index in [1.807, 2.05) is 0 Å². The van der Waals surface area contributed by atoms with Crippen LogP contribution in [-0.2, 0) is 4.74 Å². The van der Waals surface area contributed by atoms with Gasteiger partial charge in [-0.1, -0.05) is 34.8 Å². The van der Waals surface area contributed by atoms with E-state index in [1.165, 1.54) is 31.5 Å². The van der Waals surface area contributed by atoms with Crippen LogP contribution in [0.15, 0.2) is 24.4 Å². The standard InChI is InChI=1S/C13H9Cl3N2O2/c1-20-13(19)7-2-3-18-12(17)10(7)11-8(15)4-6(14)5-9(11)16/h2-5H,1H3,(H2,17,18). The van der Waals surface area contributed by atoms with Gasteiger partial charge in [-0.15, -0.1) is 0 Å². The van der Waals surface area contributed by atoms with Gasteiger partial charge < -0.3 is 10.5 Å². The second-order valence-corrected chi connectivity index (χ2v) is 5.11. The molecule has 20 heavy (non-hydrogen) atoms. The molecule has 0 bridgehead atoms. The van der Waals surface area contributed by atoms with E-state index in [1.54, 1.807) is 0 Å². The fraction of sp³-hybridized carbons (Fsp3) is 0.0769. The first-order valence-corrected chi connectivity index (χ1v) is 6.56. The number of nitrogen functional groups attached to an aromatic ring is 1. The number of rotatable bonds is 2. The lowest BCUT2D eigenvalue weighted by Gasteiger charge is -2.13. The monoisotopic (exact) mass is 330 g/mol. The molecule has 0 spiro atoms. The third-order valence-corrected chi connectivity index (χ3v) is 3.46. The quantitative estimate of drug-likeness (QED) is 0.842. The minimum Gasteiger partial charge on any atom is -0.465 e. The van der Waals surface area contributed by atoms with Gasteiger partial charge in [0.1, 0.15) is 5.82 Å². The third kappa shape index (κ3) is 2.68. The number of nitrogens with zero attached hydrogens (tertiary/aromatic N) is 1. The van der Waals surface area contributed by atoms with Crippen LogP contribution < -0.4 is 5.73 Å². The zero-order chi connectivity index (χ0) is 14.9. The molecule has 2 rings (SSSR count). The molecule has 1 aromatic heterocycles. The lowest BCUT2D eigenvalue weighted by atomic mass is 10.0. The zero-order valence-electron chi connectivity index (χ0n) is 10.3. The Morgan fingerprint density at radius 1 is 1.20 bits per heavy atom. The summed E-state index contributed by atoms with van der Waals surface area (Å²) < 4.78 is 4.72. The largest absolute Gasteiger partial charge is 0.465 e. The van der Waals surface area contributed by atoms with Crippen molar-refractivity contribution in [2.75, 3.05) is 12.8 Å². The highest BCUT2D eigenvalue weighted by Gasteiger charge is 2.21. The van der Waals surface area contributed by atoms with Crippen molar-refractivity contribution in [3.63, 3.8) is 0 Å². The number of halogens is 3. The lowest BCUT2D eigenvalue weighted by Crippen LogP contribution is -2.07. The van der Waals surface area contributed by atoms with Gasteiger partial charge >= 0.3 is 5.97 Å². The molecule has 0 aliphatic heterocycles. The van der Waals surface area contributed by atoms with Gasteiger partial charge in [-0.2, -0.15) is 0 Å². The molecule has 1 heterocycles. The molecule has 0 saturated carbocycles. The zero-order valence-corrected chi connectivity index (χ0v) is 12.6. The molecule has 0 fully saturated rings. The van der Waals surface area contributed by atoms with Gasteiger partial charge in [0.05, 0.1) is 22.7 Å². The van der Waals surface area contributed by atoms with Crippen molar-refractivity contribution in [2.45, 2.75) is 0 Å². The maximum Gasteiger partial charge on any atom is 0.338 e. The summed E-state index contributed by atoms with van der Waals surface area (Å²) in [5.41, 5.74) is 6.80. The highest BCUT2D eigenvalue weighted by atomic mass is 35.5. The minimum atomic E-state index is -0.559. The minimum absolute atomic E-state index is 0.124. The van der Waals surface area contributed by atoms with Crippen molar-refractivity contribution in [3.05, 3.63) is 45.0 Å². The van der Waals surface area contributed by atoms with Crippen LogP contribution >= 0.6 is 34.8 Å². The highest BCUT2D eigenvalue weighted by molar-refractivity contribution is 6.42. The average molecular weight is 332 g/mol. The van der Waals surface area contributed by atoms with Crippen LogP contribution in [0, 0.1) is 0 Å². The Kier molecular flexibility index (Phi) is 4.38.